The highest BCUT2D eigenvalue weighted by Gasteiger charge is 2.24. The van der Waals surface area contributed by atoms with Crippen LogP contribution in [0.5, 0.6) is 34.5 Å². The van der Waals surface area contributed by atoms with Gasteiger partial charge in [0.2, 0.25) is 0 Å². The molecule has 0 spiro atoms. The van der Waals surface area contributed by atoms with Crippen LogP contribution in [0.25, 0.3) is 9.69 Å². The van der Waals surface area contributed by atoms with E-state index in [0.717, 1.165) is 54.1 Å². The summed E-state index contributed by atoms with van der Waals surface area (Å²) in [5, 5.41) is 9.33. The molecule has 7 heteroatoms. The van der Waals surface area contributed by atoms with E-state index in [4.69, 9.17) is 32.1 Å². The maximum atomic E-state index is 9.33. The van der Waals surface area contributed by atoms with Crippen molar-refractivity contribution in [3.8, 4) is 40.6 Å². The lowest BCUT2D eigenvalue weighted by Crippen LogP contribution is -2.18. The lowest BCUT2D eigenvalue weighted by molar-refractivity contribution is 0.287. The second-order valence-electron chi connectivity index (χ2n) is 15.6. The average Bonchev–Trinajstić information content (AvgIpc) is 3.26. The molecule has 0 aliphatic rings. The largest absolute Gasteiger partial charge is 0.494 e. The van der Waals surface area contributed by atoms with E-state index in [9.17, 15) is 5.26 Å². The number of nitrogens with zero attached hydrogens (tertiary/aromatic N) is 3. The molecule has 6 aromatic rings. The molecule has 296 valence electrons. The standard InChI is InChI=1S/C52H49N3O4/c1-37-12-21-47(34-38(37)36-53)58-45-26-17-41(18-27-45)51(2,3)39-13-22-43(23-14-39)56-32-10-8-9-11-33-57-44-24-15-40(16-25-44)52(4,5)42-19-28-46(29-20-42)59-48-30-31-49(54-6)50(35-48)55-7/h12-31,34-35H,8-11,32-33H2,1-5H3. The minimum Gasteiger partial charge on any atom is -0.494 e. The first kappa shape index (κ1) is 41.6. The van der Waals surface area contributed by atoms with Gasteiger partial charge in [-0.05, 0) is 133 Å². The van der Waals surface area contributed by atoms with Crippen LogP contribution >= 0.6 is 0 Å². The van der Waals surface area contributed by atoms with Crippen molar-refractivity contribution in [2.24, 2.45) is 0 Å². The molecule has 0 aliphatic heterocycles. The molecule has 0 radical (unpaired) electrons. The summed E-state index contributed by atoms with van der Waals surface area (Å²) < 4.78 is 24.1. The van der Waals surface area contributed by atoms with Crippen LogP contribution in [0.4, 0.5) is 11.4 Å². The summed E-state index contributed by atoms with van der Waals surface area (Å²) in [7, 11) is 0. The van der Waals surface area contributed by atoms with Crippen LogP contribution in [0.3, 0.4) is 0 Å². The fourth-order valence-corrected chi connectivity index (χ4v) is 6.89. The van der Waals surface area contributed by atoms with E-state index < -0.39 is 0 Å². The van der Waals surface area contributed by atoms with E-state index in [0.29, 0.717) is 41.7 Å². The predicted octanol–water partition coefficient (Wildman–Crippen LogP) is 14.2. The Kier molecular flexibility index (Phi) is 13.4. The zero-order valence-electron chi connectivity index (χ0n) is 34.4. The highest BCUT2D eigenvalue weighted by molar-refractivity contribution is 5.72. The Labute approximate surface area is 349 Å². The summed E-state index contributed by atoms with van der Waals surface area (Å²) in [6.45, 7) is 26.6. The molecule has 0 bridgehead atoms. The molecule has 0 aromatic heterocycles. The second-order valence-corrected chi connectivity index (χ2v) is 15.6. The van der Waals surface area contributed by atoms with Gasteiger partial charge in [0.05, 0.1) is 38.0 Å². The summed E-state index contributed by atoms with van der Waals surface area (Å²) in [6, 6.07) is 45.6. The first-order valence-electron chi connectivity index (χ1n) is 19.9. The molecule has 0 saturated heterocycles. The minimum absolute atomic E-state index is 0.206. The Balaban J connectivity index is 0.883. The Bertz CT molecular complexity index is 2470. The molecular weight excluding hydrogens is 731 g/mol. The predicted molar refractivity (Wildman–Crippen MR) is 234 cm³/mol. The monoisotopic (exact) mass is 779 g/mol. The van der Waals surface area contributed by atoms with Gasteiger partial charge in [0.15, 0.2) is 11.4 Å². The van der Waals surface area contributed by atoms with Crippen molar-refractivity contribution in [2.45, 2.75) is 71.1 Å². The maximum Gasteiger partial charge on any atom is 0.198 e. The molecule has 0 atom stereocenters. The highest BCUT2D eigenvalue weighted by atomic mass is 16.5. The molecule has 0 heterocycles. The van der Waals surface area contributed by atoms with Crippen molar-refractivity contribution in [1.29, 1.82) is 5.26 Å². The van der Waals surface area contributed by atoms with Gasteiger partial charge in [0.1, 0.15) is 34.5 Å². The smallest absolute Gasteiger partial charge is 0.198 e. The first-order valence-corrected chi connectivity index (χ1v) is 19.9. The molecule has 0 N–H and O–H groups in total. The number of ether oxygens (including phenoxy) is 4. The Morgan fingerprint density at radius 1 is 0.475 bits per heavy atom. The van der Waals surface area contributed by atoms with Crippen molar-refractivity contribution in [1.82, 2.24) is 0 Å². The average molecular weight is 780 g/mol. The number of hydrogen-bond donors (Lipinski definition) is 0. The van der Waals surface area contributed by atoms with E-state index in [1.54, 1.807) is 24.3 Å². The van der Waals surface area contributed by atoms with Gasteiger partial charge in [0, 0.05) is 10.8 Å². The van der Waals surface area contributed by atoms with Gasteiger partial charge in [-0.15, -0.1) is 0 Å². The van der Waals surface area contributed by atoms with E-state index >= 15 is 0 Å². The molecule has 0 amide bonds. The number of rotatable bonds is 17. The quantitative estimate of drug-likeness (QED) is 0.0681. The lowest BCUT2D eigenvalue weighted by atomic mass is 9.78. The van der Waals surface area contributed by atoms with Crippen molar-refractivity contribution >= 4 is 11.4 Å². The molecule has 0 aliphatic carbocycles. The Hall–Kier alpha value is -7.01. The number of benzene rings is 6. The molecule has 59 heavy (non-hydrogen) atoms. The summed E-state index contributed by atoms with van der Waals surface area (Å²) in [6.07, 6.45) is 4.11. The topological polar surface area (TPSA) is 69.4 Å². The fourth-order valence-electron chi connectivity index (χ4n) is 6.89. The van der Waals surface area contributed by atoms with E-state index in [1.807, 2.05) is 55.5 Å². The third-order valence-corrected chi connectivity index (χ3v) is 10.9. The zero-order valence-corrected chi connectivity index (χ0v) is 34.4. The highest BCUT2D eigenvalue weighted by Crippen LogP contribution is 2.37. The zero-order chi connectivity index (χ0) is 41.8. The second kappa shape index (κ2) is 19.0. The Morgan fingerprint density at radius 3 is 1.25 bits per heavy atom. The van der Waals surface area contributed by atoms with E-state index in [2.05, 4.69) is 104 Å². The van der Waals surface area contributed by atoms with Gasteiger partial charge in [-0.2, -0.15) is 5.26 Å². The normalized spacial score (nSPS) is 11.2. The van der Waals surface area contributed by atoms with Crippen LogP contribution < -0.4 is 18.9 Å². The van der Waals surface area contributed by atoms with Crippen LogP contribution in [0.1, 0.15) is 86.8 Å². The molecule has 6 rings (SSSR count). The van der Waals surface area contributed by atoms with Gasteiger partial charge < -0.3 is 18.9 Å². The number of nitriles is 1. The van der Waals surface area contributed by atoms with Gasteiger partial charge in [-0.25, -0.2) is 4.85 Å². The minimum atomic E-state index is -0.232. The molecule has 0 saturated carbocycles. The third-order valence-electron chi connectivity index (χ3n) is 10.9. The van der Waals surface area contributed by atoms with Gasteiger partial charge in [-0.1, -0.05) is 88.4 Å². The molecule has 0 unspecified atom stereocenters. The van der Waals surface area contributed by atoms with E-state index in [1.165, 1.54) is 16.7 Å². The van der Waals surface area contributed by atoms with Crippen LogP contribution in [-0.2, 0) is 10.8 Å². The molecule has 6 aromatic carbocycles. The molecular formula is C52H49N3O4. The fraction of sp³-hybridized carbons (Fsp3) is 0.250. The Morgan fingerprint density at radius 2 is 0.847 bits per heavy atom. The molecule has 7 nitrogen and oxygen atoms in total. The SMILES string of the molecule is [C-]#[N+]c1ccc(Oc2ccc(C(C)(C)c3ccc(OCCCCCCOc4ccc(C(C)(C)c5ccc(Oc6ccc(C)c(C#N)c6)cc5)cc4)cc3)cc2)cc1[N+]#[C-]. The van der Waals surface area contributed by atoms with Gasteiger partial charge in [-0.3, -0.25) is 4.85 Å². The number of aryl methyl sites for hydroxylation is 1. The van der Waals surface area contributed by atoms with Crippen LogP contribution in [-0.4, -0.2) is 13.2 Å². The van der Waals surface area contributed by atoms with Crippen LogP contribution in [0.15, 0.2) is 133 Å². The summed E-state index contributed by atoms with van der Waals surface area (Å²) in [5.74, 6) is 4.32. The van der Waals surface area contributed by atoms with Gasteiger partial charge >= 0.3 is 0 Å². The van der Waals surface area contributed by atoms with Crippen molar-refractivity contribution in [3.63, 3.8) is 0 Å². The van der Waals surface area contributed by atoms with Crippen molar-refractivity contribution in [3.05, 3.63) is 190 Å². The molecule has 0 fully saturated rings. The maximum absolute atomic E-state index is 9.33. The van der Waals surface area contributed by atoms with Crippen LogP contribution in [0.2, 0.25) is 0 Å². The van der Waals surface area contributed by atoms with Crippen molar-refractivity contribution in [2.75, 3.05) is 13.2 Å². The van der Waals surface area contributed by atoms with E-state index in [-0.39, 0.29) is 16.5 Å². The first-order chi connectivity index (χ1) is 28.5. The summed E-state index contributed by atoms with van der Waals surface area (Å²) in [5.41, 5.74) is 6.43. The van der Waals surface area contributed by atoms with Gasteiger partial charge in [0.25, 0.3) is 0 Å². The van der Waals surface area contributed by atoms with Crippen molar-refractivity contribution < 1.29 is 18.9 Å². The van der Waals surface area contributed by atoms with Crippen LogP contribution in [0, 0.1) is 31.4 Å². The summed E-state index contributed by atoms with van der Waals surface area (Å²) >= 11 is 0. The number of hydrogen-bond acceptors (Lipinski definition) is 5. The lowest BCUT2D eigenvalue weighted by Gasteiger charge is -2.26. The third kappa shape index (κ3) is 10.5. The number of unbranched alkanes of at least 4 members (excludes halogenated alkanes) is 3. The summed E-state index contributed by atoms with van der Waals surface area (Å²) in [4.78, 5) is 6.82.